The van der Waals surface area contributed by atoms with E-state index in [1.54, 1.807) is 0 Å². The first-order valence-electron chi connectivity index (χ1n) is 8.25. The molecule has 1 fully saturated rings. The summed E-state index contributed by atoms with van der Waals surface area (Å²) in [6.45, 7) is 17.7. The van der Waals surface area contributed by atoms with E-state index in [0.29, 0.717) is 18.1 Å². The predicted molar refractivity (Wildman–Crippen MR) is 84.7 cm³/mol. The molecular weight excluding hydrogens is 234 g/mol. The minimum atomic E-state index is 0.612. The molecule has 19 heavy (non-hydrogen) atoms. The van der Waals surface area contributed by atoms with E-state index in [9.17, 15) is 0 Å². The van der Waals surface area contributed by atoms with Crippen LogP contribution in [0.4, 0.5) is 0 Å². The molecule has 0 unspecified atom stereocenters. The monoisotopic (exact) mass is 269 g/mol. The second-order valence-electron chi connectivity index (χ2n) is 6.01. The number of hydrogen-bond acceptors (Lipinski definition) is 3. The zero-order valence-electron chi connectivity index (χ0n) is 14.0. The molecule has 0 bridgehead atoms. The zero-order valence-corrected chi connectivity index (χ0v) is 14.0. The van der Waals surface area contributed by atoms with Crippen molar-refractivity contribution in [2.45, 2.75) is 65.6 Å². The Balaban J connectivity index is 2.83. The van der Waals surface area contributed by atoms with Crippen LogP contribution in [0, 0.1) is 0 Å². The maximum Gasteiger partial charge on any atom is 0.0401 e. The molecule has 0 N–H and O–H groups in total. The second kappa shape index (κ2) is 8.23. The Kier molecular flexibility index (Phi) is 7.33. The molecule has 0 radical (unpaired) electrons. The molecule has 0 aromatic carbocycles. The van der Waals surface area contributed by atoms with Gasteiger partial charge < -0.3 is 4.90 Å². The van der Waals surface area contributed by atoms with Gasteiger partial charge in [-0.25, -0.2) is 0 Å². The summed E-state index contributed by atoms with van der Waals surface area (Å²) in [5.74, 6) is 0. The SMILES string of the molecule is CCN(C)[C@@H](C)[C@H]([C@H](C)N1CCCC1)N(CC)CC. The highest BCUT2D eigenvalue weighted by atomic mass is 15.3. The molecule has 1 aliphatic heterocycles. The molecule has 3 atom stereocenters. The van der Waals surface area contributed by atoms with E-state index < -0.39 is 0 Å². The molecule has 0 amide bonds. The van der Waals surface area contributed by atoms with Crippen molar-refractivity contribution in [1.82, 2.24) is 14.7 Å². The van der Waals surface area contributed by atoms with Gasteiger partial charge in [0.05, 0.1) is 0 Å². The smallest absolute Gasteiger partial charge is 0.0401 e. The first-order valence-corrected chi connectivity index (χ1v) is 8.25. The fraction of sp³-hybridized carbons (Fsp3) is 1.00. The maximum atomic E-state index is 2.70. The molecule has 1 aliphatic rings. The first kappa shape index (κ1) is 16.9. The van der Waals surface area contributed by atoms with Crippen LogP contribution < -0.4 is 0 Å². The third-order valence-corrected chi connectivity index (χ3v) is 5.13. The van der Waals surface area contributed by atoms with Gasteiger partial charge in [0.15, 0.2) is 0 Å². The Bertz CT molecular complexity index is 234. The Morgan fingerprint density at radius 1 is 0.947 bits per heavy atom. The van der Waals surface area contributed by atoms with E-state index in [0.717, 1.165) is 19.6 Å². The Labute approximate surface area is 120 Å². The van der Waals surface area contributed by atoms with E-state index in [1.807, 2.05) is 0 Å². The van der Waals surface area contributed by atoms with Gasteiger partial charge in [-0.3, -0.25) is 9.80 Å². The average Bonchev–Trinajstić information content (AvgIpc) is 2.96. The second-order valence-corrected chi connectivity index (χ2v) is 6.01. The van der Waals surface area contributed by atoms with Crippen molar-refractivity contribution in [3.63, 3.8) is 0 Å². The molecule has 0 saturated carbocycles. The summed E-state index contributed by atoms with van der Waals surface area (Å²) in [5.41, 5.74) is 0. The van der Waals surface area contributed by atoms with Gasteiger partial charge in [0.25, 0.3) is 0 Å². The molecule has 3 nitrogen and oxygen atoms in total. The van der Waals surface area contributed by atoms with Crippen LogP contribution in [0.25, 0.3) is 0 Å². The minimum absolute atomic E-state index is 0.612. The van der Waals surface area contributed by atoms with Crippen molar-refractivity contribution in [1.29, 1.82) is 0 Å². The molecule has 114 valence electrons. The lowest BCUT2D eigenvalue weighted by Crippen LogP contribution is -2.58. The van der Waals surface area contributed by atoms with Gasteiger partial charge in [0.2, 0.25) is 0 Å². The van der Waals surface area contributed by atoms with Gasteiger partial charge in [-0.15, -0.1) is 0 Å². The average molecular weight is 269 g/mol. The van der Waals surface area contributed by atoms with E-state index in [-0.39, 0.29) is 0 Å². The van der Waals surface area contributed by atoms with Crippen LogP contribution in [-0.2, 0) is 0 Å². The number of likely N-dealkylation sites (N-methyl/N-ethyl adjacent to an activating group) is 2. The Morgan fingerprint density at radius 3 is 1.89 bits per heavy atom. The lowest BCUT2D eigenvalue weighted by atomic mass is 9.98. The summed E-state index contributed by atoms with van der Waals surface area (Å²) in [6.07, 6.45) is 2.76. The van der Waals surface area contributed by atoms with Crippen molar-refractivity contribution < 1.29 is 0 Å². The van der Waals surface area contributed by atoms with Gasteiger partial charge in [-0.1, -0.05) is 20.8 Å². The highest BCUT2D eigenvalue weighted by Crippen LogP contribution is 2.21. The fourth-order valence-corrected chi connectivity index (χ4v) is 3.57. The molecule has 0 aromatic heterocycles. The Hall–Kier alpha value is -0.120. The predicted octanol–water partition coefficient (Wildman–Crippen LogP) is 2.52. The van der Waals surface area contributed by atoms with Crippen LogP contribution in [0.1, 0.15) is 47.5 Å². The van der Waals surface area contributed by atoms with E-state index in [1.165, 1.54) is 25.9 Å². The molecule has 1 rings (SSSR count). The normalized spacial score (nSPS) is 22.1. The highest BCUT2D eigenvalue weighted by molar-refractivity contribution is 4.92. The molecule has 3 heteroatoms. The van der Waals surface area contributed by atoms with Crippen molar-refractivity contribution in [2.75, 3.05) is 39.8 Å². The van der Waals surface area contributed by atoms with Crippen LogP contribution in [-0.4, -0.2) is 72.6 Å². The van der Waals surface area contributed by atoms with Crippen molar-refractivity contribution in [3.8, 4) is 0 Å². The van der Waals surface area contributed by atoms with Gasteiger partial charge >= 0.3 is 0 Å². The lowest BCUT2D eigenvalue weighted by Gasteiger charge is -2.44. The van der Waals surface area contributed by atoms with Crippen molar-refractivity contribution >= 4 is 0 Å². The van der Waals surface area contributed by atoms with Gasteiger partial charge in [-0.2, -0.15) is 0 Å². The Morgan fingerprint density at radius 2 is 1.47 bits per heavy atom. The summed E-state index contributed by atoms with van der Waals surface area (Å²) in [6, 6.07) is 1.91. The summed E-state index contributed by atoms with van der Waals surface area (Å²) in [4.78, 5) is 7.85. The van der Waals surface area contributed by atoms with Gasteiger partial charge in [0.1, 0.15) is 0 Å². The minimum Gasteiger partial charge on any atom is -0.302 e. The molecule has 1 heterocycles. The summed E-state index contributed by atoms with van der Waals surface area (Å²) >= 11 is 0. The van der Waals surface area contributed by atoms with E-state index in [2.05, 4.69) is 56.4 Å². The highest BCUT2D eigenvalue weighted by Gasteiger charge is 2.34. The van der Waals surface area contributed by atoms with Crippen LogP contribution in [0.3, 0.4) is 0 Å². The van der Waals surface area contributed by atoms with Crippen LogP contribution in [0.15, 0.2) is 0 Å². The van der Waals surface area contributed by atoms with E-state index in [4.69, 9.17) is 0 Å². The topological polar surface area (TPSA) is 9.72 Å². The van der Waals surface area contributed by atoms with E-state index >= 15 is 0 Å². The molecule has 0 spiro atoms. The third kappa shape index (κ3) is 4.17. The van der Waals surface area contributed by atoms with Crippen LogP contribution >= 0.6 is 0 Å². The number of likely N-dealkylation sites (tertiary alicyclic amines) is 1. The molecule has 1 saturated heterocycles. The van der Waals surface area contributed by atoms with Crippen LogP contribution in [0.2, 0.25) is 0 Å². The number of nitrogens with zero attached hydrogens (tertiary/aromatic N) is 3. The number of hydrogen-bond donors (Lipinski definition) is 0. The van der Waals surface area contributed by atoms with Crippen LogP contribution in [0.5, 0.6) is 0 Å². The third-order valence-electron chi connectivity index (χ3n) is 5.13. The van der Waals surface area contributed by atoms with Crippen molar-refractivity contribution in [2.24, 2.45) is 0 Å². The zero-order chi connectivity index (χ0) is 14.4. The summed E-state index contributed by atoms with van der Waals surface area (Å²) < 4.78 is 0. The molecular formula is C16H35N3. The number of rotatable bonds is 8. The largest absolute Gasteiger partial charge is 0.302 e. The summed E-state index contributed by atoms with van der Waals surface area (Å²) in [7, 11) is 2.26. The fourth-order valence-electron chi connectivity index (χ4n) is 3.57. The lowest BCUT2D eigenvalue weighted by molar-refractivity contribution is 0.0486. The molecule has 0 aliphatic carbocycles. The maximum absolute atomic E-state index is 2.70. The van der Waals surface area contributed by atoms with Crippen molar-refractivity contribution in [3.05, 3.63) is 0 Å². The van der Waals surface area contributed by atoms with Gasteiger partial charge in [0, 0.05) is 18.1 Å². The van der Waals surface area contributed by atoms with Gasteiger partial charge in [-0.05, 0) is 66.5 Å². The quantitative estimate of drug-likeness (QED) is 0.670. The standard InChI is InChI=1S/C16H35N3/c1-7-17(6)14(4)16(18(8-2)9-3)15(5)19-12-10-11-13-19/h14-16H,7-13H2,1-6H3/t14-,15-,16+/m0/s1. The molecule has 0 aromatic rings. The first-order chi connectivity index (χ1) is 9.06. The summed E-state index contributed by atoms with van der Waals surface area (Å²) in [5, 5.41) is 0.